The third-order valence-corrected chi connectivity index (χ3v) is 4.03. The molecule has 0 aliphatic carbocycles. The zero-order valence-electron chi connectivity index (χ0n) is 13.9. The quantitative estimate of drug-likeness (QED) is 0.837. The van der Waals surface area contributed by atoms with E-state index in [1.54, 1.807) is 30.2 Å². The van der Waals surface area contributed by atoms with Crippen LogP contribution in [0.15, 0.2) is 18.2 Å². The maximum Gasteiger partial charge on any atom is 0.229 e. The van der Waals surface area contributed by atoms with Crippen molar-refractivity contribution in [1.29, 1.82) is 0 Å². The van der Waals surface area contributed by atoms with Crippen molar-refractivity contribution in [2.75, 3.05) is 32.6 Å². The van der Waals surface area contributed by atoms with Crippen molar-refractivity contribution in [3.8, 4) is 11.5 Å². The molecule has 0 bridgehead atoms. The maximum absolute atomic E-state index is 12.4. The number of amides is 2. The van der Waals surface area contributed by atoms with E-state index in [0.29, 0.717) is 23.7 Å². The number of likely N-dealkylation sites (tertiary alicyclic amines) is 1. The highest BCUT2D eigenvalue weighted by Crippen LogP contribution is 2.30. The summed E-state index contributed by atoms with van der Waals surface area (Å²) in [5.41, 5.74) is 0.581. The number of nitrogens with one attached hydrogen (secondary N) is 1. The molecule has 1 aliphatic rings. The number of carbonyl (C=O) groups excluding carboxylic acids is 2. The minimum absolute atomic E-state index is 0.0558. The van der Waals surface area contributed by atoms with Crippen LogP contribution in [0.3, 0.4) is 0 Å². The van der Waals surface area contributed by atoms with Crippen LogP contribution in [-0.2, 0) is 9.59 Å². The van der Waals surface area contributed by atoms with E-state index >= 15 is 0 Å². The van der Waals surface area contributed by atoms with E-state index < -0.39 is 0 Å². The molecule has 1 atom stereocenters. The van der Waals surface area contributed by atoms with Crippen LogP contribution in [0.1, 0.15) is 26.2 Å². The van der Waals surface area contributed by atoms with Gasteiger partial charge in [-0.3, -0.25) is 9.59 Å². The maximum atomic E-state index is 12.4. The van der Waals surface area contributed by atoms with E-state index in [9.17, 15) is 9.59 Å². The number of anilines is 1. The van der Waals surface area contributed by atoms with Gasteiger partial charge in [0, 0.05) is 25.6 Å². The van der Waals surface area contributed by atoms with Gasteiger partial charge < -0.3 is 19.7 Å². The lowest BCUT2D eigenvalue weighted by Gasteiger charge is -2.16. The first kappa shape index (κ1) is 17.1. The molecule has 1 saturated heterocycles. The Hall–Kier alpha value is -2.24. The highest BCUT2D eigenvalue weighted by molar-refractivity contribution is 5.98. The minimum Gasteiger partial charge on any atom is -0.497 e. The number of benzene rings is 1. The molecule has 0 saturated carbocycles. The normalized spacial score (nSPS) is 17.3. The van der Waals surface area contributed by atoms with Crippen molar-refractivity contribution in [2.24, 2.45) is 5.92 Å². The Bertz CT molecular complexity index is 574. The Morgan fingerprint density at radius 1 is 1.35 bits per heavy atom. The molecule has 6 nitrogen and oxygen atoms in total. The van der Waals surface area contributed by atoms with Gasteiger partial charge >= 0.3 is 0 Å². The van der Waals surface area contributed by atoms with E-state index in [1.807, 2.05) is 0 Å². The van der Waals surface area contributed by atoms with Gasteiger partial charge in [0.2, 0.25) is 11.8 Å². The van der Waals surface area contributed by atoms with Crippen LogP contribution in [0.5, 0.6) is 11.5 Å². The lowest BCUT2D eigenvalue weighted by Crippen LogP contribution is -2.29. The van der Waals surface area contributed by atoms with Crippen LogP contribution >= 0.6 is 0 Å². The van der Waals surface area contributed by atoms with Crippen molar-refractivity contribution in [2.45, 2.75) is 26.2 Å². The lowest BCUT2D eigenvalue weighted by molar-refractivity contribution is -0.128. The zero-order chi connectivity index (χ0) is 16.8. The summed E-state index contributed by atoms with van der Waals surface area (Å²) in [6.07, 6.45) is 2.27. The first-order valence-electron chi connectivity index (χ1n) is 7.89. The van der Waals surface area contributed by atoms with Crippen molar-refractivity contribution < 1.29 is 19.1 Å². The average molecular weight is 320 g/mol. The molecule has 0 unspecified atom stereocenters. The molecule has 1 aromatic rings. The topological polar surface area (TPSA) is 67.9 Å². The molecular formula is C17H24N2O4. The van der Waals surface area contributed by atoms with E-state index in [2.05, 4.69) is 12.2 Å². The summed E-state index contributed by atoms with van der Waals surface area (Å²) in [7, 11) is 3.11. The summed E-state index contributed by atoms with van der Waals surface area (Å²) in [4.78, 5) is 26.2. The summed E-state index contributed by atoms with van der Waals surface area (Å²) in [6.45, 7) is 3.30. The van der Waals surface area contributed by atoms with Crippen LogP contribution in [0.25, 0.3) is 0 Å². The van der Waals surface area contributed by atoms with Crippen LogP contribution in [0.4, 0.5) is 5.69 Å². The number of carbonyl (C=O) groups is 2. The van der Waals surface area contributed by atoms with E-state index in [0.717, 1.165) is 19.4 Å². The molecule has 6 heteroatoms. The highest BCUT2D eigenvalue weighted by atomic mass is 16.5. The Labute approximate surface area is 136 Å². The van der Waals surface area contributed by atoms with E-state index in [4.69, 9.17) is 9.47 Å². The molecule has 1 N–H and O–H groups in total. The van der Waals surface area contributed by atoms with Crippen LogP contribution in [0, 0.1) is 5.92 Å². The SMILES string of the molecule is CCCCN1C[C@@H](C(=O)Nc2ccc(OC)cc2OC)CC1=O. The fourth-order valence-corrected chi connectivity index (χ4v) is 2.65. The first-order chi connectivity index (χ1) is 11.1. The monoisotopic (exact) mass is 320 g/mol. The Balaban J connectivity index is 2.01. The minimum atomic E-state index is -0.314. The number of rotatable bonds is 7. The summed E-state index contributed by atoms with van der Waals surface area (Å²) in [6, 6.07) is 5.20. The molecule has 1 aromatic carbocycles. The van der Waals surface area contributed by atoms with Gasteiger partial charge in [0.05, 0.1) is 25.8 Å². The van der Waals surface area contributed by atoms with Gasteiger partial charge in [-0.2, -0.15) is 0 Å². The fraction of sp³-hybridized carbons (Fsp3) is 0.529. The van der Waals surface area contributed by atoms with Crippen LogP contribution < -0.4 is 14.8 Å². The summed E-state index contributed by atoms with van der Waals surface area (Å²) in [5, 5.41) is 2.85. The van der Waals surface area contributed by atoms with Crippen LogP contribution in [-0.4, -0.2) is 44.0 Å². The average Bonchev–Trinajstić information content (AvgIpc) is 2.94. The predicted molar refractivity (Wildman–Crippen MR) is 87.8 cm³/mol. The molecule has 0 aromatic heterocycles. The Morgan fingerprint density at radius 2 is 2.13 bits per heavy atom. The highest BCUT2D eigenvalue weighted by Gasteiger charge is 2.34. The molecule has 2 rings (SSSR count). The summed E-state index contributed by atoms with van der Waals surface area (Å²) >= 11 is 0. The number of nitrogens with zero attached hydrogens (tertiary/aromatic N) is 1. The molecular weight excluding hydrogens is 296 g/mol. The standard InChI is InChI=1S/C17H24N2O4/c1-4-5-8-19-11-12(9-16(19)20)17(21)18-14-7-6-13(22-2)10-15(14)23-3/h6-7,10,12H,4-5,8-9,11H2,1-3H3,(H,18,21)/t12-/m0/s1. The van der Waals surface area contributed by atoms with Gasteiger partial charge in [0.25, 0.3) is 0 Å². The largest absolute Gasteiger partial charge is 0.497 e. The molecule has 2 amide bonds. The van der Waals surface area contributed by atoms with Crippen molar-refractivity contribution in [1.82, 2.24) is 4.90 Å². The second-order valence-corrected chi connectivity index (χ2v) is 5.65. The zero-order valence-corrected chi connectivity index (χ0v) is 13.9. The third kappa shape index (κ3) is 4.15. The lowest BCUT2D eigenvalue weighted by atomic mass is 10.1. The molecule has 126 valence electrons. The second kappa shape index (κ2) is 7.85. The van der Waals surface area contributed by atoms with E-state index in [1.165, 1.54) is 7.11 Å². The molecule has 1 aliphatic heterocycles. The van der Waals surface area contributed by atoms with Gasteiger partial charge in [-0.15, -0.1) is 0 Å². The second-order valence-electron chi connectivity index (χ2n) is 5.65. The first-order valence-corrected chi connectivity index (χ1v) is 7.89. The van der Waals surface area contributed by atoms with Gasteiger partial charge in [0.1, 0.15) is 11.5 Å². The molecule has 1 fully saturated rings. The number of hydrogen-bond acceptors (Lipinski definition) is 4. The number of methoxy groups -OCH3 is 2. The molecule has 1 heterocycles. The van der Waals surface area contributed by atoms with Crippen LogP contribution in [0.2, 0.25) is 0 Å². The molecule has 0 spiro atoms. The van der Waals surface area contributed by atoms with Crippen molar-refractivity contribution in [3.63, 3.8) is 0 Å². The molecule has 23 heavy (non-hydrogen) atoms. The predicted octanol–water partition coefficient (Wildman–Crippen LogP) is 2.29. The van der Waals surface area contributed by atoms with Gasteiger partial charge in [-0.05, 0) is 18.6 Å². The summed E-state index contributed by atoms with van der Waals surface area (Å²) < 4.78 is 10.4. The van der Waals surface area contributed by atoms with Gasteiger partial charge in [-0.1, -0.05) is 13.3 Å². The summed E-state index contributed by atoms with van der Waals surface area (Å²) in [5.74, 6) is 0.777. The Morgan fingerprint density at radius 3 is 2.78 bits per heavy atom. The molecule has 0 radical (unpaired) electrons. The number of hydrogen-bond donors (Lipinski definition) is 1. The van der Waals surface area contributed by atoms with Crippen molar-refractivity contribution in [3.05, 3.63) is 18.2 Å². The number of unbranched alkanes of at least 4 members (excludes halogenated alkanes) is 1. The van der Waals surface area contributed by atoms with Gasteiger partial charge in [-0.25, -0.2) is 0 Å². The van der Waals surface area contributed by atoms with E-state index in [-0.39, 0.29) is 24.2 Å². The van der Waals surface area contributed by atoms with Crippen molar-refractivity contribution >= 4 is 17.5 Å². The number of ether oxygens (including phenoxy) is 2. The fourth-order valence-electron chi connectivity index (χ4n) is 2.65. The third-order valence-electron chi connectivity index (χ3n) is 4.03. The Kier molecular flexibility index (Phi) is 5.84. The smallest absolute Gasteiger partial charge is 0.229 e. The van der Waals surface area contributed by atoms with Gasteiger partial charge in [0.15, 0.2) is 0 Å².